The minimum atomic E-state index is -1.15. The zero-order valence-corrected chi connectivity index (χ0v) is 37.9. The van der Waals surface area contributed by atoms with E-state index >= 15 is 0 Å². The predicted octanol–water partition coefficient (Wildman–Crippen LogP) is 4.75. The second-order valence-corrected chi connectivity index (χ2v) is 17.7. The highest BCUT2D eigenvalue weighted by atomic mass is 16.6. The maximum atomic E-state index is 14.4. The smallest absolute Gasteiger partial charge is 0.410 e. The van der Waals surface area contributed by atoms with E-state index in [1.807, 2.05) is 59.7 Å². The second-order valence-electron chi connectivity index (χ2n) is 17.7. The fourth-order valence-electron chi connectivity index (χ4n) is 8.00. The number of amides is 5. The number of methoxy groups -OCH3 is 2. The van der Waals surface area contributed by atoms with E-state index in [1.54, 1.807) is 56.7 Å². The number of ether oxygens (including phenoxy) is 3. The second kappa shape index (κ2) is 22.9. The lowest BCUT2D eigenvalue weighted by molar-refractivity contribution is -0.148. The molecule has 9 atom stereocenters. The number of hydrogen-bond acceptors (Lipinski definition) is 9. The summed E-state index contributed by atoms with van der Waals surface area (Å²) < 4.78 is 17.4. The molecule has 0 saturated carbocycles. The highest BCUT2D eigenvalue weighted by Crippen LogP contribution is 2.30. The Labute approximate surface area is 352 Å². The van der Waals surface area contributed by atoms with Crippen LogP contribution < -0.4 is 10.6 Å². The van der Waals surface area contributed by atoms with Gasteiger partial charge in [-0.15, -0.1) is 0 Å². The van der Waals surface area contributed by atoms with E-state index in [9.17, 15) is 33.9 Å². The van der Waals surface area contributed by atoms with Gasteiger partial charge < -0.3 is 39.8 Å². The molecule has 15 nitrogen and oxygen atoms in total. The molecule has 0 unspecified atom stereocenters. The van der Waals surface area contributed by atoms with Crippen molar-refractivity contribution in [2.24, 2.45) is 23.7 Å². The molecule has 2 rings (SSSR count). The lowest BCUT2D eigenvalue weighted by atomic mass is 9.89. The molecule has 1 aromatic rings. The molecule has 15 heteroatoms. The van der Waals surface area contributed by atoms with Crippen LogP contribution in [-0.2, 0) is 44.6 Å². The van der Waals surface area contributed by atoms with E-state index in [2.05, 4.69) is 10.6 Å². The van der Waals surface area contributed by atoms with Crippen molar-refractivity contribution in [3.63, 3.8) is 0 Å². The fraction of sp³-hybridized carbons (Fsp3) is 0.727. The van der Waals surface area contributed by atoms with Crippen molar-refractivity contribution in [1.82, 2.24) is 25.3 Å². The molecule has 5 amide bonds. The van der Waals surface area contributed by atoms with Gasteiger partial charge in [-0.1, -0.05) is 85.2 Å². The van der Waals surface area contributed by atoms with Crippen LogP contribution in [0.3, 0.4) is 0 Å². The van der Waals surface area contributed by atoms with Gasteiger partial charge in [-0.25, -0.2) is 9.59 Å². The quantitative estimate of drug-likeness (QED) is 0.156. The summed E-state index contributed by atoms with van der Waals surface area (Å²) >= 11 is 0. The summed E-state index contributed by atoms with van der Waals surface area (Å²) in [4.78, 5) is 85.7. The first-order valence-electron chi connectivity index (χ1n) is 21.0. The average Bonchev–Trinajstić information content (AvgIpc) is 3.65. The third-order valence-electron chi connectivity index (χ3n) is 11.4. The van der Waals surface area contributed by atoms with E-state index in [-0.39, 0.29) is 42.4 Å². The molecule has 59 heavy (non-hydrogen) atoms. The lowest BCUT2D eigenvalue weighted by Gasteiger charge is -2.41. The molecule has 0 radical (unpaired) electrons. The van der Waals surface area contributed by atoms with Crippen molar-refractivity contribution >= 4 is 35.7 Å². The number of carboxylic acids is 1. The van der Waals surface area contributed by atoms with E-state index in [4.69, 9.17) is 14.2 Å². The first-order valence-corrected chi connectivity index (χ1v) is 21.0. The normalized spacial score (nSPS) is 18.5. The number of rotatable bonds is 21. The van der Waals surface area contributed by atoms with Gasteiger partial charge in [0.15, 0.2) is 0 Å². The highest BCUT2D eigenvalue weighted by Gasteiger charge is 2.44. The van der Waals surface area contributed by atoms with Gasteiger partial charge in [0.25, 0.3) is 0 Å². The Kier molecular flexibility index (Phi) is 19.8. The van der Waals surface area contributed by atoms with Gasteiger partial charge in [0.05, 0.1) is 36.6 Å². The van der Waals surface area contributed by atoms with Crippen LogP contribution >= 0.6 is 0 Å². The summed E-state index contributed by atoms with van der Waals surface area (Å²) in [6.45, 7) is 18.6. The number of nitrogens with one attached hydrogen (secondary N) is 2. The Balaban J connectivity index is 2.30. The standard InChI is InChI=1S/C44H73N5O10/c1-15-28(6)37(47(11)41(53)35(26(2)3)46-40(52)36(27(4)5)48(12)43(56)59-44(8,9)10)33(57-13)25-34(50)49-23-19-22-32(49)38(58-14)29(7)39(51)45-31(42(54)55)24-30-20-17-16-18-21-30/h16-18,20-21,26-29,31-33,35-38H,15,19,22-25H2,1-14H3,(H,45,51)(H,46,52)(H,54,55)/t28-,29+,31-,32-,33+,35-,36-,37-,38+/m0/s1. The Hall–Kier alpha value is -4.24. The number of aliphatic carboxylic acids is 1. The van der Waals surface area contributed by atoms with Gasteiger partial charge in [-0.2, -0.15) is 0 Å². The summed E-state index contributed by atoms with van der Waals surface area (Å²) in [5.41, 5.74) is 0.00542. The zero-order chi connectivity index (χ0) is 44.9. The first-order chi connectivity index (χ1) is 27.5. The van der Waals surface area contributed by atoms with E-state index in [0.29, 0.717) is 25.8 Å². The van der Waals surface area contributed by atoms with Gasteiger partial charge in [-0.05, 0) is 56.9 Å². The molecule has 0 spiro atoms. The van der Waals surface area contributed by atoms with E-state index < -0.39 is 77.8 Å². The third kappa shape index (κ3) is 14.2. The monoisotopic (exact) mass is 832 g/mol. The third-order valence-corrected chi connectivity index (χ3v) is 11.4. The molecule has 1 aromatic carbocycles. The maximum absolute atomic E-state index is 14.4. The van der Waals surface area contributed by atoms with Gasteiger partial charge in [-0.3, -0.25) is 24.1 Å². The molecule has 1 heterocycles. The van der Waals surface area contributed by atoms with Crippen molar-refractivity contribution in [3.05, 3.63) is 35.9 Å². The van der Waals surface area contributed by atoms with Gasteiger partial charge in [0, 0.05) is 41.3 Å². The van der Waals surface area contributed by atoms with E-state index in [1.165, 1.54) is 26.2 Å². The Morgan fingerprint density at radius 3 is 1.98 bits per heavy atom. The van der Waals surface area contributed by atoms with Gasteiger partial charge in [0.2, 0.25) is 23.6 Å². The van der Waals surface area contributed by atoms with Crippen LogP contribution in [0, 0.1) is 23.7 Å². The number of carboxylic acid groups (broad SMARTS) is 1. The Morgan fingerprint density at radius 2 is 1.49 bits per heavy atom. The number of benzene rings is 1. The Morgan fingerprint density at radius 1 is 0.881 bits per heavy atom. The number of likely N-dealkylation sites (tertiary alicyclic amines) is 1. The predicted molar refractivity (Wildman–Crippen MR) is 225 cm³/mol. The minimum absolute atomic E-state index is 0.0659. The molecule has 1 saturated heterocycles. The summed E-state index contributed by atoms with van der Waals surface area (Å²) in [7, 11) is 6.15. The molecule has 334 valence electrons. The lowest BCUT2D eigenvalue weighted by Crippen LogP contribution is -2.60. The number of hydrogen-bond donors (Lipinski definition) is 3. The van der Waals surface area contributed by atoms with Crippen molar-refractivity contribution in [1.29, 1.82) is 0 Å². The molecule has 1 fully saturated rings. The molecule has 1 aliphatic rings. The van der Waals surface area contributed by atoms with Gasteiger partial charge >= 0.3 is 12.1 Å². The number of carbonyl (C=O) groups is 6. The number of likely N-dealkylation sites (N-methyl/N-ethyl adjacent to an activating group) is 2. The van der Waals surface area contributed by atoms with Crippen molar-refractivity contribution in [3.8, 4) is 0 Å². The Bertz CT molecular complexity index is 1550. The topological polar surface area (TPSA) is 184 Å². The van der Waals surface area contributed by atoms with Crippen molar-refractivity contribution < 1.29 is 48.1 Å². The van der Waals surface area contributed by atoms with Crippen LogP contribution in [0.2, 0.25) is 0 Å². The highest BCUT2D eigenvalue weighted by molar-refractivity contribution is 5.92. The van der Waals surface area contributed by atoms with Crippen molar-refractivity contribution in [2.45, 2.75) is 149 Å². The maximum Gasteiger partial charge on any atom is 0.410 e. The molecule has 0 aromatic heterocycles. The molecule has 0 bridgehead atoms. The number of carbonyl (C=O) groups excluding carboxylic acids is 5. The van der Waals surface area contributed by atoms with Crippen molar-refractivity contribution in [2.75, 3.05) is 34.9 Å². The molecule has 0 aliphatic carbocycles. The largest absolute Gasteiger partial charge is 0.480 e. The SMILES string of the molecule is CC[C@H](C)[C@@H]([C@@H](CC(=O)N1CCC[C@H]1[C@H](OC)[C@@H](C)C(=O)N[C@@H](Cc1ccccc1)C(=O)O)OC)N(C)C(=O)[C@@H](NC(=O)[C@H](C(C)C)N(C)C(=O)OC(C)(C)C)C(C)C. The number of nitrogens with zero attached hydrogens (tertiary/aromatic N) is 3. The van der Waals surface area contributed by atoms with E-state index in [0.717, 1.165) is 5.56 Å². The van der Waals surface area contributed by atoms with Crippen LogP contribution in [0.1, 0.15) is 100 Å². The fourth-order valence-corrected chi connectivity index (χ4v) is 8.00. The molecule has 1 aliphatic heterocycles. The van der Waals surface area contributed by atoms with Crippen LogP contribution in [0.25, 0.3) is 0 Å². The minimum Gasteiger partial charge on any atom is -0.480 e. The summed E-state index contributed by atoms with van der Waals surface area (Å²) in [6, 6.07) is 5.02. The summed E-state index contributed by atoms with van der Waals surface area (Å²) in [5, 5.41) is 15.5. The van der Waals surface area contributed by atoms with Crippen LogP contribution in [0.15, 0.2) is 30.3 Å². The molecular formula is C44H73N5O10. The van der Waals surface area contributed by atoms with Crippen LogP contribution in [0.5, 0.6) is 0 Å². The molecule has 3 N–H and O–H groups in total. The average molecular weight is 832 g/mol. The van der Waals surface area contributed by atoms with Crippen LogP contribution in [0.4, 0.5) is 4.79 Å². The zero-order valence-electron chi connectivity index (χ0n) is 37.9. The first kappa shape index (κ1) is 50.9. The summed E-state index contributed by atoms with van der Waals surface area (Å²) in [6.07, 6.45) is -0.132. The van der Waals surface area contributed by atoms with Crippen LogP contribution in [-0.4, -0.2) is 138 Å². The summed E-state index contributed by atoms with van der Waals surface area (Å²) in [5.74, 6) is -4.24. The van der Waals surface area contributed by atoms with Gasteiger partial charge in [0.1, 0.15) is 23.7 Å². The molecular weight excluding hydrogens is 759 g/mol.